The minimum absolute atomic E-state index is 0.178. The SMILES string of the molecule is CCc1sc(Cl)c(C(=O)O)c1C(C)(C)C. The third-order valence-electron chi connectivity index (χ3n) is 2.22. The average molecular weight is 247 g/mol. The molecule has 1 heterocycles. The van der Waals surface area contributed by atoms with Gasteiger partial charge in [-0.25, -0.2) is 4.79 Å². The molecule has 0 aromatic carbocycles. The van der Waals surface area contributed by atoms with Gasteiger partial charge in [-0.05, 0) is 17.4 Å². The Bertz CT molecular complexity index is 388. The first-order valence-corrected chi connectivity index (χ1v) is 6.03. The van der Waals surface area contributed by atoms with Gasteiger partial charge >= 0.3 is 5.97 Å². The first kappa shape index (κ1) is 12.5. The van der Waals surface area contributed by atoms with Crippen molar-refractivity contribution in [3.05, 3.63) is 20.3 Å². The molecular formula is C11H15ClO2S. The number of carbonyl (C=O) groups is 1. The van der Waals surface area contributed by atoms with Crippen LogP contribution in [0.5, 0.6) is 0 Å². The van der Waals surface area contributed by atoms with E-state index >= 15 is 0 Å². The second-order valence-corrected chi connectivity index (χ2v) is 6.16. The Morgan fingerprint density at radius 2 is 2.00 bits per heavy atom. The van der Waals surface area contributed by atoms with Crippen LogP contribution in [0.15, 0.2) is 0 Å². The third kappa shape index (κ3) is 2.34. The summed E-state index contributed by atoms with van der Waals surface area (Å²) in [4.78, 5) is 12.2. The van der Waals surface area contributed by atoms with Crippen molar-refractivity contribution in [2.24, 2.45) is 0 Å². The molecule has 1 rings (SSSR count). The van der Waals surface area contributed by atoms with Crippen LogP contribution < -0.4 is 0 Å². The number of hydrogen-bond acceptors (Lipinski definition) is 2. The smallest absolute Gasteiger partial charge is 0.338 e. The number of aromatic carboxylic acids is 1. The van der Waals surface area contributed by atoms with E-state index in [1.54, 1.807) is 0 Å². The Kier molecular flexibility index (Phi) is 3.46. The molecule has 0 amide bonds. The summed E-state index contributed by atoms with van der Waals surface area (Å²) in [6.07, 6.45) is 0.824. The number of carboxylic acid groups (broad SMARTS) is 1. The van der Waals surface area contributed by atoms with Gasteiger partial charge in [0.25, 0.3) is 0 Å². The van der Waals surface area contributed by atoms with Crippen LogP contribution in [0.1, 0.15) is 48.5 Å². The summed E-state index contributed by atoms with van der Waals surface area (Å²) in [5, 5.41) is 9.14. The average Bonchev–Trinajstić information content (AvgIpc) is 2.41. The summed E-state index contributed by atoms with van der Waals surface area (Å²) < 4.78 is 0.393. The molecule has 0 saturated carbocycles. The highest BCUT2D eigenvalue weighted by molar-refractivity contribution is 7.16. The molecule has 84 valence electrons. The summed E-state index contributed by atoms with van der Waals surface area (Å²) in [5.41, 5.74) is 0.987. The highest BCUT2D eigenvalue weighted by Crippen LogP contribution is 2.40. The van der Waals surface area contributed by atoms with E-state index in [9.17, 15) is 4.79 Å². The highest BCUT2D eigenvalue weighted by atomic mass is 35.5. The first-order valence-electron chi connectivity index (χ1n) is 4.84. The van der Waals surface area contributed by atoms with Crippen molar-refractivity contribution in [2.45, 2.75) is 39.5 Å². The zero-order valence-corrected chi connectivity index (χ0v) is 10.9. The van der Waals surface area contributed by atoms with Crippen molar-refractivity contribution in [3.63, 3.8) is 0 Å². The van der Waals surface area contributed by atoms with Crippen molar-refractivity contribution in [3.8, 4) is 0 Å². The quantitative estimate of drug-likeness (QED) is 0.858. The Balaban J connectivity index is 3.50. The molecular weight excluding hydrogens is 232 g/mol. The van der Waals surface area contributed by atoms with E-state index in [0.29, 0.717) is 4.34 Å². The second kappa shape index (κ2) is 4.14. The Labute approximate surface area is 98.9 Å². The van der Waals surface area contributed by atoms with E-state index in [1.807, 2.05) is 27.7 Å². The molecule has 0 saturated heterocycles. The lowest BCUT2D eigenvalue weighted by molar-refractivity contribution is 0.0695. The van der Waals surface area contributed by atoms with E-state index in [2.05, 4.69) is 0 Å². The van der Waals surface area contributed by atoms with Gasteiger partial charge in [0.05, 0.1) is 5.56 Å². The van der Waals surface area contributed by atoms with Crippen molar-refractivity contribution >= 4 is 28.9 Å². The largest absolute Gasteiger partial charge is 0.478 e. The fourth-order valence-corrected chi connectivity index (χ4v) is 3.30. The maximum Gasteiger partial charge on any atom is 0.338 e. The van der Waals surface area contributed by atoms with Crippen molar-refractivity contribution in [1.29, 1.82) is 0 Å². The van der Waals surface area contributed by atoms with Gasteiger partial charge in [-0.15, -0.1) is 11.3 Å². The molecule has 0 atom stereocenters. The van der Waals surface area contributed by atoms with Gasteiger partial charge in [0, 0.05) is 4.88 Å². The highest BCUT2D eigenvalue weighted by Gasteiger charge is 2.29. The molecule has 0 aliphatic rings. The van der Waals surface area contributed by atoms with Crippen LogP contribution in [0, 0.1) is 0 Å². The lowest BCUT2D eigenvalue weighted by Gasteiger charge is -2.20. The van der Waals surface area contributed by atoms with Crippen LogP contribution in [0.4, 0.5) is 0 Å². The van der Waals surface area contributed by atoms with Gasteiger partial charge in [0.15, 0.2) is 0 Å². The minimum Gasteiger partial charge on any atom is -0.478 e. The molecule has 1 N–H and O–H groups in total. The van der Waals surface area contributed by atoms with Crippen LogP contribution >= 0.6 is 22.9 Å². The molecule has 4 heteroatoms. The second-order valence-electron chi connectivity index (χ2n) is 4.46. The number of aryl methyl sites for hydroxylation is 1. The van der Waals surface area contributed by atoms with Gasteiger partial charge in [-0.2, -0.15) is 0 Å². The first-order chi connectivity index (χ1) is 6.79. The monoisotopic (exact) mass is 246 g/mol. The summed E-state index contributed by atoms with van der Waals surface area (Å²) in [6.45, 7) is 8.05. The molecule has 1 aromatic heterocycles. The van der Waals surface area contributed by atoms with E-state index in [4.69, 9.17) is 16.7 Å². The fraction of sp³-hybridized carbons (Fsp3) is 0.545. The molecule has 0 aliphatic heterocycles. The molecule has 0 aliphatic carbocycles. The zero-order valence-electron chi connectivity index (χ0n) is 9.35. The van der Waals surface area contributed by atoms with E-state index in [1.165, 1.54) is 11.3 Å². The Hall–Kier alpha value is -0.540. The zero-order chi connectivity index (χ0) is 11.8. The fourth-order valence-electron chi connectivity index (χ4n) is 1.68. The molecule has 0 radical (unpaired) electrons. The molecule has 0 fully saturated rings. The van der Waals surface area contributed by atoms with E-state index in [0.717, 1.165) is 16.9 Å². The maximum atomic E-state index is 11.1. The molecule has 0 bridgehead atoms. The Morgan fingerprint density at radius 1 is 1.47 bits per heavy atom. The third-order valence-corrected chi connectivity index (χ3v) is 3.77. The standard InChI is InChI=1S/C11H15ClO2S/c1-5-6-8(11(2,3)4)7(10(13)14)9(12)15-6/h5H2,1-4H3,(H,13,14). The van der Waals surface area contributed by atoms with Crippen LogP contribution in [0.2, 0.25) is 4.34 Å². The number of halogens is 1. The number of hydrogen-bond donors (Lipinski definition) is 1. The predicted octanol–water partition coefficient (Wildman–Crippen LogP) is 3.96. The van der Waals surface area contributed by atoms with E-state index < -0.39 is 5.97 Å². The lowest BCUT2D eigenvalue weighted by atomic mass is 9.84. The van der Waals surface area contributed by atoms with Crippen LogP contribution in [-0.4, -0.2) is 11.1 Å². The molecule has 0 unspecified atom stereocenters. The molecule has 15 heavy (non-hydrogen) atoms. The normalized spacial score (nSPS) is 11.8. The van der Waals surface area contributed by atoms with Crippen molar-refractivity contribution in [1.82, 2.24) is 0 Å². The van der Waals surface area contributed by atoms with E-state index in [-0.39, 0.29) is 11.0 Å². The molecule has 1 aromatic rings. The van der Waals surface area contributed by atoms with Gasteiger partial charge in [0.1, 0.15) is 4.34 Å². The van der Waals surface area contributed by atoms with Gasteiger partial charge < -0.3 is 5.11 Å². The molecule has 2 nitrogen and oxygen atoms in total. The van der Waals surface area contributed by atoms with Crippen LogP contribution in [0.3, 0.4) is 0 Å². The maximum absolute atomic E-state index is 11.1. The molecule has 0 spiro atoms. The van der Waals surface area contributed by atoms with Gasteiger partial charge in [0.2, 0.25) is 0 Å². The van der Waals surface area contributed by atoms with Crippen molar-refractivity contribution in [2.75, 3.05) is 0 Å². The number of thiophene rings is 1. The van der Waals surface area contributed by atoms with Crippen LogP contribution in [-0.2, 0) is 11.8 Å². The summed E-state index contributed by atoms with van der Waals surface area (Å²) >= 11 is 7.35. The predicted molar refractivity (Wildman–Crippen MR) is 64.4 cm³/mol. The van der Waals surface area contributed by atoms with Crippen molar-refractivity contribution < 1.29 is 9.90 Å². The Morgan fingerprint density at radius 3 is 2.33 bits per heavy atom. The number of rotatable bonds is 2. The summed E-state index contributed by atoms with van der Waals surface area (Å²) in [7, 11) is 0. The van der Waals surface area contributed by atoms with Gasteiger partial charge in [-0.1, -0.05) is 39.3 Å². The topological polar surface area (TPSA) is 37.3 Å². The van der Waals surface area contributed by atoms with Crippen LogP contribution in [0.25, 0.3) is 0 Å². The summed E-state index contributed by atoms with van der Waals surface area (Å²) in [6, 6.07) is 0. The van der Waals surface area contributed by atoms with Gasteiger partial charge in [-0.3, -0.25) is 0 Å². The lowest BCUT2D eigenvalue weighted by Crippen LogP contribution is -2.17. The minimum atomic E-state index is -0.930. The number of carboxylic acids is 1. The summed E-state index contributed by atoms with van der Waals surface area (Å²) in [5.74, 6) is -0.930.